The molecule has 1 aromatic rings. The number of amides is 2. The molecule has 2 amide bonds. The zero-order valence-corrected chi connectivity index (χ0v) is 18.8. The number of nitrogens with one attached hydrogen (secondary N) is 1. The van der Waals surface area contributed by atoms with E-state index in [9.17, 15) is 13.2 Å². The molecule has 0 bridgehead atoms. The molecule has 1 atom stereocenters. The molecule has 1 saturated carbocycles. The molecular weight excluding hydrogens is 402 g/mol. The van der Waals surface area contributed by atoms with Crippen molar-refractivity contribution in [3.8, 4) is 0 Å². The number of ether oxygens (including phenoxy) is 1. The summed E-state index contributed by atoms with van der Waals surface area (Å²) in [6.45, 7) is 4.42. The topological polar surface area (TPSA) is 79.0 Å². The molecule has 1 unspecified atom stereocenters. The van der Waals surface area contributed by atoms with Crippen molar-refractivity contribution in [2.24, 2.45) is 0 Å². The predicted octanol–water partition coefficient (Wildman–Crippen LogP) is 2.64. The van der Waals surface area contributed by atoms with Gasteiger partial charge >= 0.3 is 6.03 Å². The standard InChI is InChI=1S/C22H33N3O4S/c1-17-3-5-18(6-4-17)16-23-21(26)24-12-10-22(11-13-24)15-20(9-14-29-22)25(19-7-8-19)30(2,27)28/h3-6,19-20H,7-16H2,1-2H3,(H,23,26). The summed E-state index contributed by atoms with van der Waals surface area (Å²) in [5, 5.41) is 3.01. The number of aryl methyl sites for hydroxylation is 1. The Morgan fingerprint density at radius 1 is 1.17 bits per heavy atom. The monoisotopic (exact) mass is 435 g/mol. The lowest BCUT2D eigenvalue weighted by Crippen LogP contribution is -2.56. The van der Waals surface area contributed by atoms with Crippen LogP contribution in [0.2, 0.25) is 0 Å². The van der Waals surface area contributed by atoms with Gasteiger partial charge in [-0.25, -0.2) is 13.2 Å². The second-order valence-electron chi connectivity index (χ2n) is 9.13. The maximum Gasteiger partial charge on any atom is 0.317 e. The Balaban J connectivity index is 1.31. The van der Waals surface area contributed by atoms with Gasteiger partial charge in [-0.3, -0.25) is 0 Å². The molecule has 166 valence electrons. The van der Waals surface area contributed by atoms with E-state index in [1.165, 1.54) is 11.8 Å². The molecule has 1 spiro atoms. The third-order valence-electron chi connectivity index (χ3n) is 6.64. The van der Waals surface area contributed by atoms with E-state index in [1.54, 1.807) is 4.31 Å². The molecule has 2 aliphatic heterocycles. The number of urea groups is 1. The summed E-state index contributed by atoms with van der Waals surface area (Å²) in [6.07, 6.45) is 6.25. The van der Waals surface area contributed by atoms with Gasteiger partial charge in [0, 0.05) is 38.3 Å². The van der Waals surface area contributed by atoms with Gasteiger partial charge in [0.05, 0.1) is 11.9 Å². The van der Waals surface area contributed by atoms with E-state index in [-0.39, 0.29) is 23.7 Å². The van der Waals surface area contributed by atoms with Crippen molar-refractivity contribution in [1.29, 1.82) is 0 Å². The van der Waals surface area contributed by atoms with Gasteiger partial charge in [0.2, 0.25) is 10.0 Å². The third kappa shape index (κ3) is 4.98. The number of hydrogen-bond acceptors (Lipinski definition) is 4. The van der Waals surface area contributed by atoms with Gasteiger partial charge in [0.15, 0.2) is 0 Å². The first kappa shape index (κ1) is 21.6. The number of likely N-dealkylation sites (tertiary alicyclic amines) is 1. The van der Waals surface area contributed by atoms with Gasteiger partial charge in [-0.15, -0.1) is 0 Å². The van der Waals surface area contributed by atoms with E-state index < -0.39 is 10.0 Å². The minimum atomic E-state index is -3.21. The fraction of sp³-hybridized carbons (Fsp3) is 0.682. The summed E-state index contributed by atoms with van der Waals surface area (Å²) in [4.78, 5) is 14.4. The molecule has 1 N–H and O–H groups in total. The van der Waals surface area contributed by atoms with Crippen LogP contribution in [0.1, 0.15) is 49.7 Å². The molecule has 4 rings (SSSR count). The first-order chi connectivity index (χ1) is 14.3. The molecule has 3 aliphatic rings. The van der Waals surface area contributed by atoms with Gasteiger partial charge in [-0.1, -0.05) is 29.8 Å². The lowest BCUT2D eigenvalue weighted by Gasteiger charge is -2.48. The highest BCUT2D eigenvalue weighted by Gasteiger charge is 2.47. The molecule has 8 heteroatoms. The van der Waals surface area contributed by atoms with Crippen LogP contribution in [0.4, 0.5) is 4.79 Å². The molecule has 1 aliphatic carbocycles. The van der Waals surface area contributed by atoms with Crippen LogP contribution in [0.25, 0.3) is 0 Å². The van der Waals surface area contributed by atoms with E-state index in [4.69, 9.17) is 4.74 Å². The van der Waals surface area contributed by atoms with Crippen molar-refractivity contribution >= 4 is 16.1 Å². The first-order valence-electron chi connectivity index (χ1n) is 11.0. The van der Waals surface area contributed by atoms with Gasteiger partial charge in [-0.05, 0) is 51.0 Å². The van der Waals surface area contributed by atoms with Crippen molar-refractivity contribution < 1.29 is 17.9 Å². The lowest BCUT2D eigenvalue weighted by atomic mass is 9.82. The Labute approximate surface area is 179 Å². The highest BCUT2D eigenvalue weighted by Crippen LogP contribution is 2.41. The third-order valence-corrected chi connectivity index (χ3v) is 8.00. The van der Waals surface area contributed by atoms with Crippen LogP contribution in [0, 0.1) is 6.92 Å². The van der Waals surface area contributed by atoms with Crippen LogP contribution in [0.5, 0.6) is 0 Å². The second-order valence-corrected chi connectivity index (χ2v) is 11.0. The quantitative estimate of drug-likeness (QED) is 0.771. The number of benzene rings is 1. The van der Waals surface area contributed by atoms with Crippen molar-refractivity contribution in [3.05, 3.63) is 35.4 Å². The molecule has 30 heavy (non-hydrogen) atoms. The minimum Gasteiger partial charge on any atom is -0.375 e. The van der Waals surface area contributed by atoms with Crippen molar-refractivity contribution in [1.82, 2.24) is 14.5 Å². The van der Waals surface area contributed by atoms with E-state index in [0.717, 1.165) is 44.1 Å². The fourth-order valence-corrected chi connectivity index (χ4v) is 6.32. The SMILES string of the molecule is Cc1ccc(CNC(=O)N2CCC3(CC2)CC(N(C2CC2)S(C)(=O)=O)CCO3)cc1. The smallest absolute Gasteiger partial charge is 0.317 e. The summed E-state index contributed by atoms with van der Waals surface area (Å²) < 4.78 is 32.6. The minimum absolute atomic E-state index is 0.0168. The predicted molar refractivity (Wildman–Crippen MR) is 116 cm³/mol. The Morgan fingerprint density at radius 2 is 1.83 bits per heavy atom. The Kier molecular flexibility index (Phi) is 6.10. The van der Waals surface area contributed by atoms with E-state index in [1.807, 2.05) is 36.1 Å². The summed E-state index contributed by atoms with van der Waals surface area (Å²) in [5.41, 5.74) is 1.98. The van der Waals surface area contributed by atoms with E-state index in [2.05, 4.69) is 5.32 Å². The highest BCUT2D eigenvalue weighted by molar-refractivity contribution is 7.88. The number of nitrogens with zero attached hydrogens (tertiary/aromatic N) is 2. The van der Waals surface area contributed by atoms with Crippen LogP contribution in [-0.2, 0) is 21.3 Å². The summed E-state index contributed by atoms with van der Waals surface area (Å²) >= 11 is 0. The van der Waals surface area contributed by atoms with Crippen LogP contribution in [0.3, 0.4) is 0 Å². The zero-order chi connectivity index (χ0) is 21.4. The maximum atomic E-state index is 12.6. The molecule has 0 aromatic heterocycles. The number of sulfonamides is 1. The zero-order valence-electron chi connectivity index (χ0n) is 18.0. The van der Waals surface area contributed by atoms with Crippen LogP contribution in [-0.4, -0.2) is 67.3 Å². The van der Waals surface area contributed by atoms with Crippen LogP contribution in [0.15, 0.2) is 24.3 Å². The second kappa shape index (κ2) is 8.48. The fourth-order valence-electron chi connectivity index (χ4n) is 4.85. The Hall–Kier alpha value is -1.64. The Bertz CT molecular complexity index is 859. The van der Waals surface area contributed by atoms with Crippen molar-refractivity contribution in [2.75, 3.05) is 26.0 Å². The van der Waals surface area contributed by atoms with E-state index >= 15 is 0 Å². The number of hydrogen-bond donors (Lipinski definition) is 1. The number of carbonyl (C=O) groups is 1. The molecular formula is C22H33N3O4S. The molecule has 2 heterocycles. The lowest BCUT2D eigenvalue weighted by molar-refractivity contribution is -0.122. The number of carbonyl (C=O) groups excluding carboxylic acids is 1. The molecule has 1 aromatic carbocycles. The molecule has 3 fully saturated rings. The van der Waals surface area contributed by atoms with Crippen molar-refractivity contribution in [2.45, 2.75) is 69.7 Å². The maximum absolute atomic E-state index is 12.6. The average molecular weight is 436 g/mol. The van der Waals surface area contributed by atoms with Gasteiger partial charge in [-0.2, -0.15) is 4.31 Å². The Morgan fingerprint density at radius 3 is 2.43 bits per heavy atom. The van der Waals surface area contributed by atoms with Crippen LogP contribution < -0.4 is 5.32 Å². The van der Waals surface area contributed by atoms with Gasteiger partial charge in [0.25, 0.3) is 0 Å². The average Bonchev–Trinajstić information content (AvgIpc) is 3.52. The van der Waals surface area contributed by atoms with E-state index in [0.29, 0.717) is 26.2 Å². The summed E-state index contributed by atoms with van der Waals surface area (Å²) in [5.74, 6) is 0. The number of rotatable bonds is 5. The largest absolute Gasteiger partial charge is 0.375 e. The first-order valence-corrected chi connectivity index (χ1v) is 12.8. The highest BCUT2D eigenvalue weighted by atomic mass is 32.2. The molecule has 2 saturated heterocycles. The summed E-state index contributed by atoms with van der Waals surface area (Å²) in [6, 6.07) is 8.30. The van der Waals surface area contributed by atoms with Gasteiger partial charge < -0.3 is 15.0 Å². The summed E-state index contributed by atoms with van der Waals surface area (Å²) in [7, 11) is -3.21. The van der Waals surface area contributed by atoms with Crippen LogP contribution >= 0.6 is 0 Å². The number of piperidine rings is 1. The molecule has 7 nitrogen and oxygen atoms in total. The molecule has 0 radical (unpaired) electrons. The normalized spacial score (nSPS) is 24.2. The van der Waals surface area contributed by atoms with Gasteiger partial charge in [0.1, 0.15) is 0 Å². The van der Waals surface area contributed by atoms with Crippen molar-refractivity contribution in [3.63, 3.8) is 0 Å².